The number of rotatable bonds is 9. The van der Waals surface area contributed by atoms with Gasteiger partial charge in [0.1, 0.15) is 6.61 Å². The Hall–Kier alpha value is -3.18. The van der Waals surface area contributed by atoms with Crippen molar-refractivity contribution >= 4 is 46.1 Å². The van der Waals surface area contributed by atoms with E-state index in [0.29, 0.717) is 40.1 Å². The van der Waals surface area contributed by atoms with E-state index in [-0.39, 0.29) is 24.3 Å². The van der Waals surface area contributed by atoms with Crippen molar-refractivity contribution in [1.82, 2.24) is 4.90 Å². The molecule has 0 spiro atoms. The number of nitrogens with zero attached hydrogens (tertiary/aromatic N) is 2. The number of carbonyl (C=O) groups is 2. The first-order chi connectivity index (χ1) is 17.4. The smallest absolute Gasteiger partial charge is 0.289 e. The van der Waals surface area contributed by atoms with Crippen molar-refractivity contribution in [2.24, 2.45) is 0 Å². The predicted molar refractivity (Wildman–Crippen MR) is 141 cm³/mol. The Kier molecular flexibility index (Phi) is 8.42. The summed E-state index contributed by atoms with van der Waals surface area (Å²) >= 11 is 13.5. The van der Waals surface area contributed by atoms with Gasteiger partial charge in [-0.1, -0.05) is 65.3 Å². The van der Waals surface area contributed by atoms with E-state index in [1.807, 2.05) is 19.1 Å². The summed E-state index contributed by atoms with van der Waals surface area (Å²) in [5, 5.41) is 9.38. The number of nitriles is 1. The van der Waals surface area contributed by atoms with E-state index in [4.69, 9.17) is 32.7 Å². The van der Waals surface area contributed by atoms with Gasteiger partial charge in [0.25, 0.3) is 5.24 Å². The lowest BCUT2D eigenvalue weighted by Gasteiger charge is -2.17. The molecule has 0 bridgehead atoms. The fourth-order valence-electron chi connectivity index (χ4n) is 3.80. The Morgan fingerprint density at radius 1 is 1.03 bits per heavy atom. The second-order valence-electron chi connectivity index (χ2n) is 8.02. The number of carbonyl (C=O) groups excluding carboxylic acids is 2. The minimum atomic E-state index is -0.565. The van der Waals surface area contributed by atoms with Gasteiger partial charge >= 0.3 is 0 Å². The van der Waals surface area contributed by atoms with Gasteiger partial charge in [-0.25, -0.2) is 0 Å². The number of halogens is 2. The van der Waals surface area contributed by atoms with Crippen molar-refractivity contribution in [2.75, 3.05) is 6.61 Å². The van der Waals surface area contributed by atoms with Crippen LogP contribution in [0.4, 0.5) is 4.79 Å². The zero-order valence-corrected chi connectivity index (χ0v) is 21.7. The van der Waals surface area contributed by atoms with Gasteiger partial charge in [-0.2, -0.15) is 5.26 Å². The molecule has 0 aliphatic carbocycles. The minimum Gasteiger partial charge on any atom is -0.490 e. The Balaban J connectivity index is 1.49. The molecular weight excluding hydrogens is 519 g/mol. The summed E-state index contributed by atoms with van der Waals surface area (Å²) in [4.78, 5) is 26.8. The molecule has 6 nitrogen and oxygen atoms in total. The molecule has 1 fully saturated rings. The van der Waals surface area contributed by atoms with Crippen molar-refractivity contribution in [3.05, 3.63) is 93.0 Å². The van der Waals surface area contributed by atoms with Crippen LogP contribution in [0.25, 0.3) is 0 Å². The second kappa shape index (κ2) is 11.7. The first kappa shape index (κ1) is 25.9. The lowest BCUT2D eigenvalue weighted by atomic mass is 10.1. The molecule has 3 aromatic carbocycles. The van der Waals surface area contributed by atoms with Crippen LogP contribution >= 0.6 is 35.0 Å². The highest BCUT2D eigenvalue weighted by atomic mass is 35.5. The fraction of sp³-hybridized carbons (Fsp3) is 0.222. The number of benzene rings is 3. The molecule has 0 N–H and O–H groups in total. The largest absolute Gasteiger partial charge is 0.490 e. The van der Waals surface area contributed by atoms with E-state index in [1.165, 1.54) is 4.90 Å². The molecule has 9 heteroatoms. The van der Waals surface area contributed by atoms with Gasteiger partial charge in [0.2, 0.25) is 5.91 Å². The first-order valence-corrected chi connectivity index (χ1v) is 12.9. The van der Waals surface area contributed by atoms with E-state index >= 15 is 0 Å². The first-order valence-electron chi connectivity index (χ1n) is 11.2. The summed E-state index contributed by atoms with van der Waals surface area (Å²) in [5.74, 6) is 0.553. The molecule has 2 amide bonds. The highest BCUT2D eigenvalue weighted by molar-refractivity contribution is 8.15. The van der Waals surface area contributed by atoms with E-state index in [9.17, 15) is 14.9 Å². The quantitative estimate of drug-likeness (QED) is 0.302. The number of thioether (sulfide) groups is 1. The maximum absolute atomic E-state index is 13.0. The zero-order valence-electron chi connectivity index (χ0n) is 19.4. The lowest BCUT2D eigenvalue weighted by Crippen LogP contribution is -2.31. The van der Waals surface area contributed by atoms with Gasteiger partial charge in [0.15, 0.2) is 11.5 Å². The van der Waals surface area contributed by atoms with Crippen LogP contribution in [-0.2, 0) is 24.4 Å². The third kappa shape index (κ3) is 5.96. The highest BCUT2D eigenvalue weighted by Crippen LogP contribution is 2.39. The van der Waals surface area contributed by atoms with Crippen LogP contribution in [0, 0.1) is 11.3 Å². The molecule has 1 aliphatic heterocycles. The normalized spacial score (nSPS) is 15.2. The average molecular weight is 541 g/mol. The van der Waals surface area contributed by atoms with Gasteiger partial charge in [0.05, 0.1) is 35.1 Å². The molecule has 1 atom stereocenters. The van der Waals surface area contributed by atoms with Crippen LogP contribution in [0.5, 0.6) is 11.5 Å². The van der Waals surface area contributed by atoms with Crippen LogP contribution in [0.1, 0.15) is 29.2 Å². The Bertz CT molecular complexity index is 1320. The van der Waals surface area contributed by atoms with Crippen LogP contribution in [-0.4, -0.2) is 27.9 Å². The third-order valence-electron chi connectivity index (χ3n) is 5.56. The molecule has 4 rings (SSSR count). The molecule has 3 aromatic rings. The number of amides is 2. The molecular formula is C27H22Cl2N2O4S. The Morgan fingerprint density at radius 2 is 1.78 bits per heavy atom. The molecule has 184 valence electrons. The molecule has 1 saturated heterocycles. The molecule has 1 heterocycles. The van der Waals surface area contributed by atoms with Crippen molar-refractivity contribution < 1.29 is 19.1 Å². The number of hydrogen-bond donors (Lipinski definition) is 0. The Morgan fingerprint density at radius 3 is 2.50 bits per heavy atom. The van der Waals surface area contributed by atoms with Gasteiger partial charge in [0, 0.05) is 10.6 Å². The van der Waals surface area contributed by atoms with Crippen LogP contribution in [0.3, 0.4) is 0 Å². The topological polar surface area (TPSA) is 79.6 Å². The number of imide groups is 1. The predicted octanol–water partition coefficient (Wildman–Crippen LogP) is 6.65. The monoisotopic (exact) mass is 540 g/mol. The molecule has 0 aromatic heterocycles. The van der Waals surface area contributed by atoms with Crippen LogP contribution < -0.4 is 9.47 Å². The summed E-state index contributed by atoms with van der Waals surface area (Å²) in [6.45, 7) is 2.57. The second-order valence-corrected chi connectivity index (χ2v) is 10.0. The molecule has 36 heavy (non-hydrogen) atoms. The van der Waals surface area contributed by atoms with Crippen molar-refractivity contribution in [3.8, 4) is 17.6 Å². The van der Waals surface area contributed by atoms with Crippen LogP contribution in [0.15, 0.2) is 60.7 Å². The summed E-state index contributed by atoms with van der Waals surface area (Å²) in [6.07, 6.45) is 0.309. The van der Waals surface area contributed by atoms with Gasteiger partial charge in [-0.3, -0.25) is 14.5 Å². The van der Waals surface area contributed by atoms with E-state index in [1.54, 1.807) is 48.5 Å². The zero-order chi connectivity index (χ0) is 25.7. The highest BCUT2D eigenvalue weighted by Gasteiger charge is 2.39. The third-order valence-corrected chi connectivity index (χ3v) is 7.17. The maximum atomic E-state index is 13.0. The van der Waals surface area contributed by atoms with Gasteiger partial charge in [-0.05, 0) is 54.8 Å². The number of ether oxygens (including phenoxy) is 2. The van der Waals surface area contributed by atoms with Crippen LogP contribution in [0.2, 0.25) is 10.0 Å². The molecule has 0 saturated carbocycles. The molecule has 1 aliphatic rings. The van der Waals surface area contributed by atoms with E-state index in [2.05, 4.69) is 6.07 Å². The average Bonchev–Trinajstić information content (AvgIpc) is 3.12. The van der Waals surface area contributed by atoms with Crippen molar-refractivity contribution in [2.45, 2.75) is 31.7 Å². The Labute approximate surface area is 223 Å². The molecule has 0 radical (unpaired) electrons. The maximum Gasteiger partial charge on any atom is 0.289 e. The number of hydrogen-bond acceptors (Lipinski definition) is 6. The summed E-state index contributed by atoms with van der Waals surface area (Å²) in [6, 6.07) is 19.9. The summed E-state index contributed by atoms with van der Waals surface area (Å²) in [7, 11) is 0. The SMILES string of the molecule is CCOc1cc(C[C@H]2SC(=O)N(Cc3ccc(Cl)cc3)C2=O)cc(Cl)c1OCc1ccccc1C#N. The van der Waals surface area contributed by atoms with Gasteiger partial charge in [-0.15, -0.1) is 0 Å². The summed E-state index contributed by atoms with van der Waals surface area (Å²) < 4.78 is 11.7. The standard InChI is InChI=1S/C27H22Cl2N2O4S/c1-2-34-23-12-18(11-22(29)25(23)35-16-20-6-4-3-5-19(20)14-30)13-24-26(32)31(27(33)36-24)15-17-7-9-21(28)10-8-17/h3-12,24H,2,13,15-16H2,1H3/t24-/m1/s1. The van der Waals surface area contributed by atoms with Crippen molar-refractivity contribution in [1.29, 1.82) is 5.26 Å². The molecule has 0 unspecified atom stereocenters. The van der Waals surface area contributed by atoms with Gasteiger partial charge < -0.3 is 9.47 Å². The minimum absolute atomic E-state index is 0.147. The fourth-order valence-corrected chi connectivity index (χ4v) is 5.25. The summed E-state index contributed by atoms with van der Waals surface area (Å²) in [5.41, 5.74) is 2.83. The van der Waals surface area contributed by atoms with E-state index < -0.39 is 5.25 Å². The van der Waals surface area contributed by atoms with Crippen molar-refractivity contribution in [3.63, 3.8) is 0 Å². The lowest BCUT2D eigenvalue weighted by molar-refractivity contribution is -0.127. The van der Waals surface area contributed by atoms with E-state index in [0.717, 1.165) is 28.5 Å².